The largest absolute Gasteiger partial charge is 0.346 e. The van der Waals surface area contributed by atoms with E-state index in [1.807, 2.05) is 74.7 Å². The van der Waals surface area contributed by atoms with Gasteiger partial charge in [0, 0.05) is 5.54 Å². The van der Waals surface area contributed by atoms with Crippen LogP contribution in [0.1, 0.15) is 31.3 Å². The van der Waals surface area contributed by atoms with E-state index in [1.165, 1.54) is 0 Å². The molecule has 0 aliphatic rings. The fourth-order valence-electron chi connectivity index (χ4n) is 2.26. The molecule has 5 heteroatoms. The van der Waals surface area contributed by atoms with Gasteiger partial charge >= 0.3 is 0 Å². The van der Waals surface area contributed by atoms with E-state index in [-0.39, 0.29) is 11.4 Å². The van der Waals surface area contributed by atoms with Crippen molar-refractivity contribution in [1.82, 2.24) is 15.1 Å². The van der Waals surface area contributed by atoms with Gasteiger partial charge in [-0.05, 0) is 50.4 Å². The maximum absolute atomic E-state index is 12.7. The van der Waals surface area contributed by atoms with Crippen LogP contribution in [0.15, 0.2) is 53.9 Å². The third-order valence-electron chi connectivity index (χ3n) is 3.20. The van der Waals surface area contributed by atoms with E-state index in [4.69, 9.17) is 0 Å². The molecule has 1 N–H and O–H groups in total. The summed E-state index contributed by atoms with van der Waals surface area (Å²) in [6, 6.07) is 15.5. The predicted octanol–water partition coefficient (Wildman–Crippen LogP) is 4.13. The molecule has 0 spiro atoms. The van der Waals surface area contributed by atoms with Crippen LogP contribution in [0.2, 0.25) is 0 Å². The Bertz CT molecular complexity index is 799. The van der Waals surface area contributed by atoms with Crippen LogP contribution in [0.3, 0.4) is 0 Å². The number of hydrogen-bond acceptors (Lipinski definition) is 3. The molecule has 118 valence electrons. The monoisotopic (exact) mass is 325 g/mol. The van der Waals surface area contributed by atoms with Gasteiger partial charge in [0.1, 0.15) is 11.4 Å². The number of para-hydroxylation sites is 1. The van der Waals surface area contributed by atoms with Crippen molar-refractivity contribution in [2.45, 2.75) is 26.3 Å². The lowest BCUT2D eigenvalue weighted by Crippen LogP contribution is -2.41. The van der Waals surface area contributed by atoms with Crippen molar-refractivity contribution in [2.75, 3.05) is 0 Å². The van der Waals surface area contributed by atoms with Gasteiger partial charge in [0.05, 0.1) is 10.6 Å². The van der Waals surface area contributed by atoms with Gasteiger partial charge in [-0.3, -0.25) is 4.79 Å². The highest BCUT2D eigenvalue weighted by Crippen LogP contribution is 2.26. The smallest absolute Gasteiger partial charge is 0.270 e. The molecule has 0 saturated carbocycles. The van der Waals surface area contributed by atoms with Gasteiger partial charge in [-0.25, -0.2) is 4.68 Å². The fourth-order valence-corrected chi connectivity index (χ4v) is 2.94. The highest BCUT2D eigenvalue weighted by molar-refractivity contribution is 7.13. The number of nitrogens with zero attached hydrogens (tertiary/aromatic N) is 2. The van der Waals surface area contributed by atoms with Crippen molar-refractivity contribution in [1.29, 1.82) is 0 Å². The van der Waals surface area contributed by atoms with Crippen molar-refractivity contribution < 1.29 is 4.79 Å². The quantitative estimate of drug-likeness (QED) is 0.787. The van der Waals surface area contributed by atoms with Crippen molar-refractivity contribution in [3.8, 4) is 16.3 Å². The molecule has 0 atom stereocenters. The van der Waals surface area contributed by atoms with Gasteiger partial charge < -0.3 is 5.32 Å². The number of thiophene rings is 1. The molecule has 4 nitrogen and oxygen atoms in total. The average Bonchev–Trinajstić information content (AvgIpc) is 3.15. The van der Waals surface area contributed by atoms with Gasteiger partial charge in [-0.1, -0.05) is 24.3 Å². The zero-order chi connectivity index (χ0) is 16.4. The predicted molar refractivity (Wildman–Crippen MR) is 94.1 cm³/mol. The van der Waals surface area contributed by atoms with E-state index in [1.54, 1.807) is 16.0 Å². The van der Waals surface area contributed by atoms with Crippen LogP contribution in [0.4, 0.5) is 0 Å². The highest BCUT2D eigenvalue weighted by atomic mass is 32.1. The third-order valence-corrected chi connectivity index (χ3v) is 4.10. The zero-order valence-electron chi connectivity index (χ0n) is 13.4. The molecule has 0 bridgehead atoms. The Kier molecular flexibility index (Phi) is 4.05. The number of benzene rings is 1. The lowest BCUT2D eigenvalue weighted by molar-refractivity contribution is 0.0911. The van der Waals surface area contributed by atoms with Gasteiger partial charge in [-0.2, -0.15) is 5.10 Å². The maximum Gasteiger partial charge on any atom is 0.270 e. The molecule has 0 aliphatic carbocycles. The van der Waals surface area contributed by atoms with Crippen LogP contribution in [-0.4, -0.2) is 21.2 Å². The molecule has 3 aromatic rings. The molecule has 0 aliphatic heterocycles. The van der Waals surface area contributed by atoms with Crippen LogP contribution in [-0.2, 0) is 0 Å². The number of rotatable bonds is 3. The number of carbonyl (C=O) groups excluding carboxylic acids is 1. The van der Waals surface area contributed by atoms with Gasteiger partial charge in [0.2, 0.25) is 0 Å². The van der Waals surface area contributed by atoms with Crippen LogP contribution < -0.4 is 5.32 Å². The Morgan fingerprint density at radius 3 is 2.48 bits per heavy atom. The summed E-state index contributed by atoms with van der Waals surface area (Å²) < 4.78 is 1.70. The SMILES string of the molecule is CC(C)(C)NC(=O)c1cc(-c2cccs2)nn1-c1ccccc1. The molecule has 3 rings (SSSR count). The Morgan fingerprint density at radius 1 is 1.13 bits per heavy atom. The molecular weight excluding hydrogens is 306 g/mol. The minimum Gasteiger partial charge on any atom is -0.346 e. The second kappa shape index (κ2) is 6.01. The van der Waals surface area contributed by atoms with E-state index in [0.717, 1.165) is 16.3 Å². The van der Waals surface area contributed by atoms with E-state index >= 15 is 0 Å². The first-order chi connectivity index (χ1) is 10.9. The summed E-state index contributed by atoms with van der Waals surface area (Å²) in [5, 5.41) is 9.65. The molecule has 0 radical (unpaired) electrons. The Balaban J connectivity index is 2.07. The second-order valence-corrected chi connectivity index (χ2v) is 7.29. The first kappa shape index (κ1) is 15.5. The summed E-state index contributed by atoms with van der Waals surface area (Å²) >= 11 is 1.61. The molecule has 0 saturated heterocycles. The molecule has 0 fully saturated rings. The van der Waals surface area contributed by atoms with E-state index < -0.39 is 0 Å². The molecule has 2 aromatic heterocycles. The van der Waals surface area contributed by atoms with Gasteiger partial charge in [-0.15, -0.1) is 11.3 Å². The Hall–Kier alpha value is -2.40. The Labute approximate surface area is 139 Å². The highest BCUT2D eigenvalue weighted by Gasteiger charge is 2.21. The zero-order valence-corrected chi connectivity index (χ0v) is 14.2. The summed E-state index contributed by atoms with van der Waals surface area (Å²) in [7, 11) is 0. The average molecular weight is 325 g/mol. The second-order valence-electron chi connectivity index (χ2n) is 6.34. The number of aromatic nitrogens is 2. The number of hydrogen-bond donors (Lipinski definition) is 1. The first-order valence-corrected chi connectivity index (χ1v) is 8.34. The lowest BCUT2D eigenvalue weighted by atomic mass is 10.1. The minimum atomic E-state index is -0.300. The van der Waals surface area contributed by atoms with E-state index in [0.29, 0.717) is 5.69 Å². The van der Waals surface area contributed by atoms with Crippen LogP contribution in [0.5, 0.6) is 0 Å². The molecule has 1 amide bonds. The van der Waals surface area contributed by atoms with Crippen LogP contribution in [0, 0.1) is 0 Å². The number of amides is 1. The lowest BCUT2D eigenvalue weighted by Gasteiger charge is -2.20. The van der Waals surface area contributed by atoms with Crippen LogP contribution in [0.25, 0.3) is 16.3 Å². The van der Waals surface area contributed by atoms with Crippen molar-refractivity contribution >= 4 is 17.2 Å². The van der Waals surface area contributed by atoms with E-state index in [2.05, 4.69) is 10.4 Å². The topological polar surface area (TPSA) is 46.9 Å². The van der Waals surface area contributed by atoms with Crippen molar-refractivity contribution in [2.24, 2.45) is 0 Å². The summed E-state index contributed by atoms with van der Waals surface area (Å²) in [4.78, 5) is 13.7. The molecule has 23 heavy (non-hydrogen) atoms. The third kappa shape index (κ3) is 3.51. The normalized spacial score (nSPS) is 11.4. The van der Waals surface area contributed by atoms with Gasteiger partial charge in [0.25, 0.3) is 5.91 Å². The molecular formula is C18H19N3OS. The first-order valence-electron chi connectivity index (χ1n) is 7.46. The van der Waals surface area contributed by atoms with Gasteiger partial charge in [0.15, 0.2) is 0 Å². The molecule has 2 heterocycles. The minimum absolute atomic E-state index is 0.128. The summed E-state index contributed by atoms with van der Waals surface area (Å²) in [5.41, 5.74) is 1.91. The number of nitrogens with one attached hydrogen (secondary N) is 1. The number of carbonyl (C=O) groups is 1. The van der Waals surface area contributed by atoms with Crippen molar-refractivity contribution in [3.63, 3.8) is 0 Å². The fraction of sp³-hybridized carbons (Fsp3) is 0.222. The van der Waals surface area contributed by atoms with Crippen molar-refractivity contribution in [3.05, 3.63) is 59.6 Å². The molecule has 1 aromatic carbocycles. The van der Waals surface area contributed by atoms with E-state index in [9.17, 15) is 4.79 Å². The summed E-state index contributed by atoms with van der Waals surface area (Å²) in [6.07, 6.45) is 0. The summed E-state index contributed by atoms with van der Waals surface area (Å²) in [6.45, 7) is 5.90. The standard InChI is InChI=1S/C18H19N3OS/c1-18(2,3)19-17(22)15-12-14(16-10-7-11-23-16)20-21(15)13-8-5-4-6-9-13/h4-12H,1-3H3,(H,19,22). The Morgan fingerprint density at radius 2 is 1.87 bits per heavy atom. The molecule has 0 unspecified atom stereocenters. The maximum atomic E-state index is 12.7. The van der Waals surface area contributed by atoms with Crippen LogP contribution >= 0.6 is 11.3 Å². The summed E-state index contributed by atoms with van der Waals surface area (Å²) in [5.74, 6) is -0.128.